The zero-order valence-corrected chi connectivity index (χ0v) is 13.2. The molecule has 1 aliphatic heterocycles. The predicted octanol–water partition coefficient (Wildman–Crippen LogP) is 2.19. The maximum absolute atomic E-state index is 12.7. The second-order valence-electron chi connectivity index (χ2n) is 6.21. The van der Waals surface area contributed by atoms with E-state index in [4.69, 9.17) is 4.42 Å². The third kappa shape index (κ3) is 2.69. The average Bonchev–Trinajstić information content (AvgIpc) is 3.18. The van der Waals surface area contributed by atoms with Gasteiger partial charge in [0.25, 0.3) is 0 Å². The van der Waals surface area contributed by atoms with E-state index in [0.29, 0.717) is 6.54 Å². The molecule has 3 heterocycles. The van der Waals surface area contributed by atoms with Gasteiger partial charge in [0.2, 0.25) is 5.91 Å². The molecule has 0 unspecified atom stereocenters. The van der Waals surface area contributed by atoms with Gasteiger partial charge in [0.05, 0.1) is 12.0 Å². The summed E-state index contributed by atoms with van der Waals surface area (Å²) in [6.45, 7) is 4.19. The molecule has 2 aliphatic rings. The summed E-state index contributed by atoms with van der Waals surface area (Å²) in [5, 5.41) is 11.6. The number of anilines is 1. The number of nitrogens with zero attached hydrogens (tertiary/aromatic N) is 3. The van der Waals surface area contributed by atoms with Crippen LogP contribution in [0.1, 0.15) is 36.3 Å². The lowest BCUT2D eigenvalue weighted by atomic mass is 10.1. The van der Waals surface area contributed by atoms with Crippen molar-refractivity contribution in [3.63, 3.8) is 0 Å². The Bertz CT molecular complexity index is 713. The van der Waals surface area contributed by atoms with Crippen LogP contribution in [-0.4, -0.2) is 34.1 Å². The van der Waals surface area contributed by atoms with Gasteiger partial charge in [0.1, 0.15) is 11.6 Å². The Morgan fingerprint density at radius 3 is 3.17 bits per heavy atom. The van der Waals surface area contributed by atoms with Crippen LogP contribution in [0.4, 0.5) is 5.82 Å². The Hall–Kier alpha value is -2.37. The molecule has 6 nitrogen and oxygen atoms in total. The van der Waals surface area contributed by atoms with E-state index < -0.39 is 0 Å². The number of hydrogen-bond donors (Lipinski definition) is 1. The topological polar surface area (TPSA) is 71.3 Å². The molecule has 1 saturated carbocycles. The van der Waals surface area contributed by atoms with Gasteiger partial charge in [-0.25, -0.2) is 0 Å². The molecule has 0 aromatic carbocycles. The lowest BCUT2D eigenvalue weighted by molar-refractivity contribution is -0.133. The van der Waals surface area contributed by atoms with Gasteiger partial charge in [-0.05, 0) is 37.1 Å². The number of carbonyl (C=O) groups excluding carboxylic acids is 1. The SMILES string of the molecule is CCNc1cc2c(nn1)CCN(C(=O)[C@H]1C[C@@H]1c1ccco1)C2. The Kier molecular flexibility index (Phi) is 3.52. The molecule has 1 fully saturated rings. The molecule has 1 aliphatic carbocycles. The number of amides is 1. The fourth-order valence-electron chi connectivity index (χ4n) is 3.30. The van der Waals surface area contributed by atoms with E-state index >= 15 is 0 Å². The van der Waals surface area contributed by atoms with Crippen molar-refractivity contribution in [3.05, 3.63) is 41.5 Å². The second kappa shape index (κ2) is 5.68. The molecule has 1 N–H and O–H groups in total. The molecule has 2 aromatic rings. The first-order chi connectivity index (χ1) is 11.3. The molecule has 0 saturated heterocycles. The van der Waals surface area contributed by atoms with Crippen molar-refractivity contribution in [2.24, 2.45) is 5.92 Å². The minimum Gasteiger partial charge on any atom is -0.469 e. The highest BCUT2D eigenvalue weighted by Crippen LogP contribution is 2.48. The smallest absolute Gasteiger partial charge is 0.226 e. The first-order valence-electron chi connectivity index (χ1n) is 8.17. The molecular formula is C17H20N4O2. The number of fused-ring (bicyclic) bond motifs is 1. The van der Waals surface area contributed by atoms with Crippen LogP contribution in [0.3, 0.4) is 0 Å². The van der Waals surface area contributed by atoms with Crippen LogP contribution in [0, 0.1) is 5.92 Å². The lowest BCUT2D eigenvalue weighted by Gasteiger charge is -2.28. The van der Waals surface area contributed by atoms with Gasteiger partial charge in [-0.15, -0.1) is 5.10 Å². The van der Waals surface area contributed by atoms with Gasteiger partial charge in [0, 0.05) is 37.9 Å². The summed E-state index contributed by atoms with van der Waals surface area (Å²) in [6.07, 6.45) is 3.35. The quantitative estimate of drug-likeness (QED) is 0.937. The van der Waals surface area contributed by atoms with Crippen LogP contribution in [-0.2, 0) is 17.8 Å². The number of furan rings is 1. The van der Waals surface area contributed by atoms with Crippen LogP contribution in [0.5, 0.6) is 0 Å². The van der Waals surface area contributed by atoms with Crippen molar-refractivity contribution in [1.82, 2.24) is 15.1 Å². The zero-order chi connectivity index (χ0) is 15.8. The minimum atomic E-state index is 0.0748. The highest BCUT2D eigenvalue weighted by atomic mass is 16.3. The summed E-state index contributed by atoms with van der Waals surface area (Å²) in [7, 11) is 0. The van der Waals surface area contributed by atoms with Gasteiger partial charge in [-0.1, -0.05) is 0 Å². The molecule has 120 valence electrons. The number of aromatic nitrogens is 2. The highest BCUT2D eigenvalue weighted by Gasteiger charge is 2.47. The van der Waals surface area contributed by atoms with Crippen molar-refractivity contribution in [1.29, 1.82) is 0 Å². The molecule has 0 spiro atoms. The third-order valence-electron chi connectivity index (χ3n) is 4.63. The maximum Gasteiger partial charge on any atom is 0.226 e. The van der Waals surface area contributed by atoms with Crippen LogP contribution >= 0.6 is 0 Å². The van der Waals surface area contributed by atoms with Crippen molar-refractivity contribution >= 4 is 11.7 Å². The van der Waals surface area contributed by atoms with E-state index in [-0.39, 0.29) is 17.7 Å². The highest BCUT2D eigenvalue weighted by molar-refractivity contribution is 5.83. The molecule has 6 heteroatoms. The molecule has 23 heavy (non-hydrogen) atoms. The van der Waals surface area contributed by atoms with Crippen LogP contribution in [0.15, 0.2) is 28.9 Å². The number of carbonyl (C=O) groups is 1. The minimum absolute atomic E-state index is 0.0748. The molecule has 2 aromatic heterocycles. The first kappa shape index (κ1) is 14.2. The number of nitrogens with one attached hydrogen (secondary N) is 1. The van der Waals surface area contributed by atoms with Crippen LogP contribution in [0.2, 0.25) is 0 Å². The zero-order valence-electron chi connectivity index (χ0n) is 13.2. The fourth-order valence-corrected chi connectivity index (χ4v) is 3.30. The lowest BCUT2D eigenvalue weighted by Crippen LogP contribution is -2.37. The summed E-state index contributed by atoms with van der Waals surface area (Å²) in [6, 6.07) is 5.86. The summed E-state index contributed by atoms with van der Waals surface area (Å²) in [4.78, 5) is 14.7. The van der Waals surface area contributed by atoms with Gasteiger partial charge in [-0.2, -0.15) is 5.10 Å². The maximum atomic E-state index is 12.7. The van der Waals surface area contributed by atoms with E-state index in [1.165, 1.54) is 0 Å². The molecule has 0 radical (unpaired) electrons. The standard InChI is InChI=1S/C17H20N4O2/c1-2-18-16-8-11-10-21(6-5-14(11)19-20-16)17(22)13-9-12(13)15-4-3-7-23-15/h3-4,7-8,12-13H,2,5-6,9-10H2,1H3,(H,18,20)/t12-,13-/m0/s1. The third-order valence-corrected chi connectivity index (χ3v) is 4.63. The Balaban J connectivity index is 1.45. The Morgan fingerprint density at radius 1 is 1.48 bits per heavy atom. The predicted molar refractivity (Wildman–Crippen MR) is 84.9 cm³/mol. The van der Waals surface area contributed by atoms with Crippen molar-refractivity contribution in [3.8, 4) is 0 Å². The first-order valence-corrected chi connectivity index (χ1v) is 8.17. The van der Waals surface area contributed by atoms with Crippen molar-refractivity contribution in [2.45, 2.75) is 32.2 Å². The Morgan fingerprint density at radius 2 is 2.39 bits per heavy atom. The van der Waals surface area contributed by atoms with Gasteiger partial charge in [-0.3, -0.25) is 4.79 Å². The van der Waals surface area contributed by atoms with E-state index in [9.17, 15) is 4.79 Å². The van der Waals surface area contributed by atoms with Crippen LogP contribution < -0.4 is 5.32 Å². The molecule has 0 bridgehead atoms. The summed E-state index contributed by atoms with van der Waals surface area (Å²) in [5.41, 5.74) is 2.11. The number of rotatable bonds is 4. The largest absolute Gasteiger partial charge is 0.469 e. The summed E-state index contributed by atoms with van der Waals surface area (Å²) >= 11 is 0. The van der Waals surface area contributed by atoms with E-state index in [0.717, 1.165) is 48.8 Å². The van der Waals surface area contributed by atoms with E-state index in [1.54, 1.807) is 6.26 Å². The molecule has 1 amide bonds. The van der Waals surface area contributed by atoms with Gasteiger partial charge >= 0.3 is 0 Å². The normalized spacial score (nSPS) is 22.6. The molecule has 4 rings (SSSR count). The van der Waals surface area contributed by atoms with Crippen LogP contribution in [0.25, 0.3) is 0 Å². The fraction of sp³-hybridized carbons (Fsp3) is 0.471. The van der Waals surface area contributed by atoms with Gasteiger partial charge in [0.15, 0.2) is 0 Å². The monoisotopic (exact) mass is 312 g/mol. The van der Waals surface area contributed by atoms with Crippen molar-refractivity contribution < 1.29 is 9.21 Å². The van der Waals surface area contributed by atoms with E-state index in [2.05, 4.69) is 15.5 Å². The van der Waals surface area contributed by atoms with E-state index in [1.807, 2.05) is 30.0 Å². The van der Waals surface area contributed by atoms with Crippen molar-refractivity contribution in [2.75, 3.05) is 18.4 Å². The summed E-state index contributed by atoms with van der Waals surface area (Å²) in [5.74, 6) is 2.28. The second-order valence-corrected chi connectivity index (χ2v) is 6.21. The molecular weight excluding hydrogens is 292 g/mol. The summed E-state index contributed by atoms with van der Waals surface area (Å²) < 4.78 is 5.43. The number of hydrogen-bond acceptors (Lipinski definition) is 5. The molecule has 2 atom stereocenters. The average molecular weight is 312 g/mol. The Labute approximate surface area is 134 Å². The van der Waals surface area contributed by atoms with Gasteiger partial charge < -0.3 is 14.6 Å².